The minimum Gasteiger partial charge on any atom is -0.483 e. The molecule has 3 heterocycles. The summed E-state index contributed by atoms with van der Waals surface area (Å²) in [5.74, 6) is -5.02. The summed E-state index contributed by atoms with van der Waals surface area (Å²) in [4.78, 5) is 68.2. The highest BCUT2D eigenvalue weighted by molar-refractivity contribution is 8.00. The third-order valence-corrected chi connectivity index (χ3v) is 10.3. The van der Waals surface area contributed by atoms with Gasteiger partial charge in [-0.1, -0.05) is 46.8 Å². The van der Waals surface area contributed by atoms with Crippen LogP contribution in [0.5, 0.6) is 5.75 Å². The Bertz CT molecular complexity index is 2000. The van der Waals surface area contributed by atoms with Crippen molar-refractivity contribution in [3.05, 3.63) is 103 Å². The first-order valence-electron chi connectivity index (χ1n) is 14.3. The molecule has 1 saturated heterocycles. The Morgan fingerprint density at radius 1 is 1.02 bits per heavy atom. The van der Waals surface area contributed by atoms with Gasteiger partial charge in [-0.15, -0.1) is 0 Å². The molecule has 0 saturated carbocycles. The summed E-state index contributed by atoms with van der Waals surface area (Å²) in [5, 5.41) is 1.96. The van der Waals surface area contributed by atoms with Gasteiger partial charge in [0, 0.05) is 27.1 Å². The van der Waals surface area contributed by atoms with E-state index < -0.39 is 69.7 Å². The maximum Gasteiger partial charge on any atom is 0.418 e. The molecule has 2 N–H and O–H groups in total. The number of esters is 1. The number of amides is 3. The smallest absolute Gasteiger partial charge is 0.418 e. The van der Waals surface area contributed by atoms with Crippen molar-refractivity contribution in [3.8, 4) is 5.75 Å². The molecule has 16 heteroatoms. The van der Waals surface area contributed by atoms with Gasteiger partial charge in [0.1, 0.15) is 11.0 Å². The molecule has 48 heavy (non-hydrogen) atoms. The lowest BCUT2D eigenvalue weighted by molar-refractivity contribution is -0.137. The van der Waals surface area contributed by atoms with Crippen LogP contribution in [-0.2, 0) is 25.3 Å². The average molecular weight is 718 g/mol. The molecule has 4 aromatic rings. The van der Waals surface area contributed by atoms with Gasteiger partial charge in [0.15, 0.2) is 6.61 Å². The molecule has 248 valence electrons. The number of halogens is 4. The molecule has 1 fully saturated rings. The van der Waals surface area contributed by atoms with Crippen molar-refractivity contribution in [1.29, 1.82) is 0 Å². The van der Waals surface area contributed by atoms with Crippen molar-refractivity contribution in [2.45, 2.75) is 29.3 Å². The van der Waals surface area contributed by atoms with E-state index in [-0.39, 0.29) is 22.9 Å². The van der Waals surface area contributed by atoms with Gasteiger partial charge >= 0.3 is 17.0 Å². The van der Waals surface area contributed by atoms with E-state index in [1.165, 1.54) is 48.5 Å². The van der Waals surface area contributed by atoms with Crippen LogP contribution >= 0.6 is 34.7 Å². The van der Waals surface area contributed by atoms with Crippen LogP contribution in [-0.4, -0.2) is 47.1 Å². The van der Waals surface area contributed by atoms with Crippen LogP contribution in [0.3, 0.4) is 0 Å². The molecule has 3 amide bonds. The van der Waals surface area contributed by atoms with E-state index in [2.05, 4.69) is 10.3 Å². The number of fused-ring (bicyclic) bond motifs is 2. The maximum absolute atomic E-state index is 14.1. The number of thiazole rings is 1. The van der Waals surface area contributed by atoms with Crippen LogP contribution < -0.4 is 19.8 Å². The summed E-state index contributed by atoms with van der Waals surface area (Å²) in [6.45, 7) is 1.37. The first-order chi connectivity index (χ1) is 22.9. The van der Waals surface area contributed by atoms with E-state index in [9.17, 15) is 37.1 Å². The number of carbonyl (C=O) groups is 4. The number of imide groups is 1. The molecule has 3 aromatic carbocycles. The number of benzene rings is 3. The second-order valence-corrected chi connectivity index (χ2v) is 13.2. The predicted molar refractivity (Wildman–Crippen MR) is 172 cm³/mol. The average Bonchev–Trinajstić information content (AvgIpc) is 3.54. The lowest BCUT2D eigenvalue weighted by atomic mass is 9.82. The quantitative estimate of drug-likeness (QED) is 0.165. The van der Waals surface area contributed by atoms with Gasteiger partial charge in [-0.3, -0.25) is 19.2 Å². The lowest BCUT2D eigenvalue weighted by Crippen LogP contribution is -2.33. The highest BCUT2D eigenvalue weighted by atomic mass is 35.5. The molecule has 3 atom stereocenters. The second kappa shape index (κ2) is 13.1. The summed E-state index contributed by atoms with van der Waals surface area (Å²) in [7, 11) is 0. The number of H-pyrrole nitrogens is 1. The Kier molecular flexibility index (Phi) is 9.11. The van der Waals surface area contributed by atoms with Crippen LogP contribution in [0.25, 0.3) is 0 Å². The molecule has 0 radical (unpaired) electrons. The molecular weight excluding hydrogens is 695 g/mol. The summed E-state index contributed by atoms with van der Waals surface area (Å²) in [6.07, 6.45) is -4.85. The van der Waals surface area contributed by atoms with Crippen LogP contribution in [0.15, 0.2) is 76.6 Å². The van der Waals surface area contributed by atoms with Gasteiger partial charge in [-0.25, -0.2) is 9.69 Å². The molecule has 2 aliphatic rings. The topological polar surface area (TPSA) is 135 Å². The zero-order valence-corrected chi connectivity index (χ0v) is 27.0. The van der Waals surface area contributed by atoms with Crippen LogP contribution in [0, 0.1) is 5.92 Å². The van der Waals surface area contributed by atoms with Crippen molar-refractivity contribution in [2.75, 3.05) is 23.4 Å². The standard InChI is InChI=1S/C32H23ClF3N3O7S2/c1-2-45-30(43)15-7-10-17(11-8-15)37-22(40)14-46-21-12-9-16(33)13-18(21)23-24-26(47-27-25(23)48-31(44)38-27)29(42)39(28(24)41)20-6-4-3-5-19(20)32(34,35)36/h3-13,23-24,26H,2,14H2,1H3,(H,37,40)(H,38,44)/t23-,24-,26+/m0/s1. The SMILES string of the molecule is CCOC(=O)c1ccc(NC(=O)COc2ccc(Cl)cc2[C@@H]2c3sc(=O)[nH]c3S[C@H]3C(=O)N(c4ccccc4C(F)(F)F)C(=O)[C@@H]23)cc1. The maximum atomic E-state index is 14.1. The number of aromatic amines is 1. The number of hydrogen-bond acceptors (Lipinski definition) is 9. The highest BCUT2D eigenvalue weighted by Gasteiger charge is 2.57. The second-order valence-electron chi connectivity index (χ2n) is 10.6. The number of alkyl halides is 3. The van der Waals surface area contributed by atoms with Crippen LogP contribution in [0.1, 0.15) is 39.2 Å². The third-order valence-electron chi connectivity index (χ3n) is 7.62. The van der Waals surface area contributed by atoms with Crippen molar-refractivity contribution < 1.29 is 41.8 Å². The highest BCUT2D eigenvalue weighted by Crippen LogP contribution is 2.55. The number of rotatable bonds is 8. The summed E-state index contributed by atoms with van der Waals surface area (Å²) >= 11 is 8.06. The first-order valence-corrected chi connectivity index (χ1v) is 16.4. The molecule has 0 spiro atoms. The molecule has 0 bridgehead atoms. The van der Waals surface area contributed by atoms with Crippen molar-refractivity contribution in [3.63, 3.8) is 0 Å². The van der Waals surface area contributed by atoms with Gasteiger partial charge in [0.25, 0.3) is 5.91 Å². The predicted octanol–water partition coefficient (Wildman–Crippen LogP) is 6.10. The number of anilines is 2. The number of hydrogen-bond donors (Lipinski definition) is 2. The van der Waals surface area contributed by atoms with E-state index in [1.54, 1.807) is 6.92 Å². The summed E-state index contributed by atoms with van der Waals surface area (Å²) in [6, 6.07) is 14.7. The first kappa shape index (κ1) is 33.3. The van der Waals surface area contributed by atoms with E-state index in [4.69, 9.17) is 21.1 Å². The fraction of sp³-hybridized carbons (Fsp3) is 0.219. The van der Waals surface area contributed by atoms with Crippen molar-refractivity contribution in [1.82, 2.24) is 4.98 Å². The zero-order valence-electron chi connectivity index (χ0n) is 24.6. The van der Waals surface area contributed by atoms with E-state index in [1.807, 2.05) is 0 Å². The van der Waals surface area contributed by atoms with Gasteiger partial charge in [0.2, 0.25) is 11.8 Å². The van der Waals surface area contributed by atoms with Crippen molar-refractivity contribution in [2.24, 2.45) is 5.92 Å². The zero-order chi connectivity index (χ0) is 34.3. The third kappa shape index (κ3) is 6.32. The fourth-order valence-corrected chi connectivity index (χ4v) is 8.32. The molecule has 10 nitrogen and oxygen atoms in total. The Morgan fingerprint density at radius 2 is 1.75 bits per heavy atom. The molecule has 0 unspecified atom stereocenters. The van der Waals surface area contributed by atoms with Crippen molar-refractivity contribution >= 4 is 69.8 Å². The lowest BCUT2D eigenvalue weighted by Gasteiger charge is -2.31. The monoisotopic (exact) mass is 717 g/mol. The number of nitrogens with one attached hydrogen (secondary N) is 2. The van der Waals surface area contributed by atoms with Crippen LogP contribution in [0.2, 0.25) is 5.02 Å². The molecule has 2 aliphatic heterocycles. The van der Waals surface area contributed by atoms with Crippen LogP contribution in [0.4, 0.5) is 24.5 Å². The number of thioether (sulfide) groups is 1. The van der Waals surface area contributed by atoms with E-state index in [0.717, 1.165) is 41.3 Å². The minimum absolute atomic E-state index is 0.101. The Hall–Kier alpha value is -4.60. The van der Waals surface area contributed by atoms with Gasteiger partial charge in [0.05, 0.1) is 34.4 Å². The number of nitrogens with zero attached hydrogens (tertiary/aromatic N) is 1. The number of para-hydroxylation sites is 1. The summed E-state index contributed by atoms with van der Waals surface area (Å²) in [5.41, 5.74) is -0.819. The van der Waals surface area contributed by atoms with E-state index >= 15 is 0 Å². The summed E-state index contributed by atoms with van der Waals surface area (Å²) < 4.78 is 52.7. The minimum atomic E-state index is -4.85. The van der Waals surface area contributed by atoms with Gasteiger partial charge < -0.3 is 19.8 Å². The fourth-order valence-electron chi connectivity index (χ4n) is 5.64. The van der Waals surface area contributed by atoms with Gasteiger partial charge in [-0.05, 0) is 61.5 Å². The number of ether oxygens (including phenoxy) is 2. The number of aromatic nitrogens is 1. The Labute approximate surface area is 283 Å². The normalized spacial score (nSPS) is 18.7. The molecule has 0 aliphatic carbocycles. The molecule has 6 rings (SSSR count). The van der Waals surface area contributed by atoms with Gasteiger partial charge in [-0.2, -0.15) is 13.2 Å². The molecule has 1 aromatic heterocycles. The van der Waals surface area contributed by atoms with E-state index in [0.29, 0.717) is 26.1 Å². The Morgan fingerprint density at radius 3 is 2.46 bits per heavy atom. The molecular formula is C32H23ClF3N3O7S2. The largest absolute Gasteiger partial charge is 0.483 e. The Balaban J connectivity index is 1.31. The number of carbonyl (C=O) groups excluding carboxylic acids is 4.